The molecule has 0 bridgehead atoms. The molecule has 0 fully saturated rings. The number of hydrogen-bond acceptors (Lipinski definition) is 5. The van der Waals surface area contributed by atoms with Crippen molar-refractivity contribution in [3.8, 4) is 0 Å². The molecule has 2 aromatic rings. The van der Waals surface area contributed by atoms with E-state index in [-0.39, 0.29) is 19.0 Å². The summed E-state index contributed by atoms with van der Waals surface area (Å²) >= 11 is 0. The van der Waals surface area contributed by atoms with Crippen LogP contribution in [0.1, 0.15) is 11.4 Å². The highest BCUT2D eigenvalue weighted by atomic mass is 16.6. The van der Waals surface area contributed by atoms with Crippen LogP contribution in [-0.4, -0.2) is 40.3 Å². The van der Waals surface area contributed by atoms with Crippen molar-refractivity contribution in [2.24, 2.45) is 0 Å². The third kappa shape index (κ3) is 3.50. The van der Waals surface area contributed by atoms with E-state index in [1.807, 2.05) is 49.3 Å². The van der Waals surface area contributed by atoms with Crippen molar-refractivity contribution in [2.75, 3.05) is 25.6 Å². The Bertz CT molecular complexity index is 675. The molecule has 1 N–H and O–H groups in total. The summed E-state index contributed by atoms with van der Waals surface area (Å²) in [5.41, 5.74) is 2.06. The summed E-state index contributed by atoms with van der Waals surface area (Å²) in [6, 6.07) is 7.89. The van der Waals surface area contributed by atoms with E-state index in [4.69, 9.17) is 5.11 Å². The first kappa shape index (κ1) is 15.7. The number of aliphatic hydroxyl groups excluding tert-OH is 1. The van der Waals surface area contributed by atoms with Gasteiger partial charge in [0.05, 0.1) is 6.61 Å². The number of anilines is 1. The normalized spacial score (nSPS) is 11.0. The average molecular weight is 302 g/mol. The molecule has 116 valence electrons. The van der Waals surface area contributed by atoms with Crippen molar-refractivity contribution in [1.29, 1.82) is 0 Å². The third-order valence-corrected chi connectivity index (χ3v) is 3.21. The predicted octanol–water partition coefficient (Wildman–Crippen LogP) is 2.02. The third-order valence-electron chi connectivity index (χ3n) is 3.21. The zero-order chi connectivity index (χ0) is 16.1. The van der Waals surface area contributed by atoms with Crippen LogP contribution in [0.2, 0.25) is 0 Å². The lowest BCUT2D eigenvalue weighted by Gasteiger charge is -2.11. The molecular formula is C15H18N4O3. The minimum atomic E-state index is -0.508. The van der Waals surface area contributed by atoms with Gasteiger partial charge in [0.25, 0.3) is 0 Å². The molecule has 0 aliphatic rings. The van der Waals surface area contributed by atoms with Crippen LogP contribution in [0.25, 0.3) is 12.2 Å². The van der Waals surface area contributed by atoms with Crippen LogP contribution in [0.15, 0.2) is 30.5 Å². The van der Waals surface area contributed by atoms with Gasteiger partial charge in [-0.05, 0) is 28.7 Å². The van der Waals surface area contributed by atoms with Crippen LogP contribution in [-0.2, 0) is 6.54 Å². The van der Waals surface area contributed by atoms with Gasteiger partial charge in [-0.3, -0.25) is 0 Å². The maximum atomic E-state index is 10.9. The van der Waals surface area contributed by atoms with Crippen molar-refractivity contribution >= 4 is 23.7 Å². The quantitative estimate of drug-likeness (QED) is 0.652. The minimum absolute atomic E-state index is 0.128. The van der Waals surface area contributed by atoms with Gasteiger partial charge < -0.3 is 20.1 Å². The molecule has 0 aliphatic carbocycles. The number of aromatic nitrogens is 2. The maximum absolute atomic E-state index is 10.9. The molecule has 0 saturated heterocycles. The lowest BCUT2D eigenvalue weighted by atomic mass is 10.2. The zero-order valence-corrected chi connectivity index (χ0v) is 12.5. The summed E-state index contributed by atoms with van der Waals surface area (Å²) in [4.78, 5) is 16.4. The second kappa shape index (κ2) is 6.86. The molecule has 0 atom stereocenters. The Morgan fingerprint density at radius 2 is 2.00 bits per heavy atom. The number of nitro groups is 1. The highest BCUT2D eigenvalue weighted by molar-refractivity contribution is 5.68. The number of nitrogens with zero attached hydrogens (tertiary/aromatic N) is 4. The number of imidazole rings is 1. The first-order valence-electron chi connectivity index (χ1n) is 6.79. The first-order valence-corrected chi connectivity index (χ1v) is 6.79. The summed E-state index contributed by atoms with van der Waals surface area (Å²) in [6.07, 6.45) is 4.73. The van der Waals surface area contributed by atoms with Crippen molar-refractivity contribution in [3.63, 3.8) is 0 Å². The van der Waals surface area contributed by atoms with Gasteiger partial charge in [0.1, 0.15) is 12.7 Å². The SMILES string of the molecule is CN(C)c1ccc(/C=C\c2ncc([N+](=O)[O-])n2CCO)cc1. The monoisotopic (exact) mass is 302 g/mol. The van der Waals surface area contributed by atoms with E-state index < -0.39 is 4.92 Å². The van der Waals surface area contributed by atoms with Crippen LogP contribution >= 0.6 is 0 Å². The van der Waals surface area contributed by atoms with Gasteiger partial charge in [-0.1, -0.05) is 12.1 Å². The summed E-state index contributed by atoms with van der Waals surface area (Å²) in [7, 11) is 3.94. The van der Waals surface area contributed by atoms with E-state index in [2.05, 4.69) is 4.98 Å². The van der Waals surface area contributed by atoms with Crippen LogP contribution in [0.5, 0.6) is 0 Å². The minimum Gasteiger partial charge on any atom is -0.392 e. The molecule has 1 heterocycles. The standard InChI is InChI=1S/C15H18N4O3/c1-17(2)13-6-3-12(4-7-13)5-8-14-16-11-15(19(21)22)18(14)9-10-20/h3-8,11,20H,9-10H2,1-2H3/b8-5-. The van der Waals surface area contributed by atoms with E-state index >= 15 is 0 Å². The molecule has 0 aliphatic heterocycles. The van der Waals surface area contributed by atoms with Crippen LogP contribution in [0.3, 0.4) is 0 Å². The lowest BCUT2D eigenvalue weighted by Crippen LogP contribution is -2.08. The Hall–Kier alpha value is -2.67. The summed E-state index contributed by atoms with van der Waals surface area (Å²) < 4.78 is 1.38. The number of hydrogen-bond donors (Lipinski definition) is 1. The number of aliphatic hydroxyl groups is 1. The average Bonchev–Trinajstić information content (AvgIpc) is 2.89. The van der Waals surface area contributed by atoms with Crippen LogP contribution < -0.4 is 4.90 Å². The van der Waals surface area contributed by atoms with Gasteiger partial charge in [-0.25, -0.2) is 9.55 Å². The van der Waals surface area contributed by atoms with Gasteiger partial charge in [0.2, 0.25) is 5.82 Å². The van der Waals surface area contributed by atoms with Gasteiger partial charge in [0, 0.05) is 25.9 Å². The Morgan fingerprint density at radius 1 is 1.32 bits per heavy atom. The fourth-order valence-electron chi connectivity index (χ4n) is 2.04. The molecule has 0 amide bonds. The molecule has 0 radical (unpaired) electrons. The predicted molar refractivity (Wildman–Crippen MR) is 85.7 cm³/mol. The molecule has 7 nitrogen and oxygen atoms in total. The molecule has 0 saturated carbocycles. The summed E-state index contributed by atoms with van der Waals surface area (Å²) in [5.74, 6) is 0.314. The Balaban J connectivity index is 2.24. The highest BCUT2D eigenvalue weighted by Crippen LogP contribution is 2.17. The van der Waals surface area contributed by atoms with Crippen molar-refractivity contribution in [1.82, 2.24) is 9.55 Å². The molecule has 22 heavy (non-hydrogen) atoms. The van der Waals surface area contributed by atoms with Crippen molar-refractivity contribution in [3.05, 3.63) is 52.0 Å². The van der Waals surface area contributed by atoms with E-state index in [0.717, 1.165) is 11.3 Å². The topological polar surface area (TPSA) is 84.4 Å². The molecule has 0 spiro atoms. The Kier molecular flexibility index (Phi) is 4.90. The Morgan fingerprint density at radius 3 is 2.55 bits per heavy atom. The number of rotatable bonds is 6. The van der Waals surface area contributed by atoms with Gasteiger partial charge >= 0.3 is 5.82 Å². The van der Waals surface area contributed by atoms with Gasteiger partial charge in [-0.15, -0.1) is 0 Å². The highest BCUT2D eigenvalue weighted by Gasteiger charge is 2.17. The smallest absolute Gasteiger partial charge is 0.343 e. The second-order valence-corrected chi connectivity index (χ2v) is 4.93. The van der Waals surface area contributed by atoms with E-state index in [9.17, 15) is 10.1 Å². The van der Waals surface area contributed by atoms with E-state index in [1.54, 1.807) is 6.08 Å². The summed E-state index contributed by atoms with van der Waals surface area (Å²) in [5, 5.41) is 20.0. The van der Waals surface area contributed by atoms with Gasteiger partial charge in [0.15, 0.2) is 0 Å². The molecule has 7 heteroatoms. The molecule has 1 aromatic heterocycles. The zero-order valence-electron chi connectivity index (χ0n) is 12.5. The largest absolute Gasteiger partial charge is 0.392 e. The maximum Gasteiger partial charge on any atom is 0.343 e. The fraction of sp³-hybridized carbons (Fsp3) is 0.267. The van der Waals surface area contributed by atoms with Crippen molar-refractivity contribution in [2.45, 2.75) is 6.54 Å². The van der Waals surface area contributed by atoms with E-state index in [1.165, 1.54) is 10.8 Å². The van der Waals surface area contributed by atoms with E-state index in [0.29, 0.717) is 5.82 Å². The van der Waals surface area contributed by atoms with Crippen LogP contribution in [0, 0.1) is 10.1 Å². The lowest BCUT2D eigenvalue weighted by molar-refractivity contribution is -0.392. The molecule has 0 unspecified atom stereocenters. The second-order valence-electron chi connectivity index (χ2n) is 4.93. The molecule has 2 rings (SSSR count). The summed E-state index contributed by atoms with van der Waals surface area (Å²) in [6.45, 7) is -0.0505. The Labute approximate surface area is 128 Å². The fourth-order valence-corrected chi connectivity index (χ4v) is 2.04. The first-order chi connectivity index (χ1) is 10.5. The van der Waals surface area contributed by atoms with Crippen LogP contribution in [0.4, 0.5) is 11.5 Å². The molecule has 1 aromatic carbocycles. The van der Waals surface area contributed by atoms with Crippen molar-refractivity contribution < 1.29 is 10.0 Å². The van der Waals surface area contributed by atoms with Gasteiger partial charge in [-0.2, -0.15) is 0 Å². The number of benzene rings is 1. The molecular weight excluding hydrogens is 284 g/mol.